The van der Waals surface area contributed by atoms with E-state index in [1.165, 1.54) is 4.90 Å². The van der Waals surface area contributed by atoms with Gasteiger partial charge >= 0.3 is 0 Å². The Morgan fingerprint density at radius 2 is 1.47 bits per heavy atom. The largest absolute Gasteiger partial charge is 0.354 e. The highest BCUT2D eigenvalue weighted by Crippen LogP contribution is 2.26. The molecule has 1 unspecified atom stereocenters. The fourth-order valence-corrected chi connectivity index (χ4v) is 6.58. The molecule has 1 N–H and O–H groups in total. The van der Waals surface area contributed by atoms with Crippen LogP contribution in [0.15, 0.2) is 108 Å². The molecule has 0 bridgehead atoms. The van der Waals surface area contributed by atoms with E-state index < -0.39 is 28.5 Å². The minimum absolute atomic E-state index is 0.0538. The van der Waals surface area contributed by atoms with Gasteiger partial charge in [-0.15, -0.1) is 0 Å². The zero-order valence-electron chi connectivity index (χ0n) is 26.1. The number of rotatable bonds is 13. The second kappa shape index (κ2) is 15.2. The van der Waals surface area contributed by atoms with Crippen molar-refractivity contribution >= 4 is 39.1 Å². The summed E-state index contributed by atoms with van der Waals surface area (Å²) in [5.74, 6) is -0.640. The third kappa shape index (κ3) is 9.19. The van der Waals surface area contributed by atoms with Crippen LogP contribution in [0, 0.1) is 19.8 Å². The summed E-state index contributed by atoms with van der Waals surface area (Å²) in [7, 11) is -4.16. The van der Waals surface area contributed by atoms with Gasteiger partial charge in [0.05, 0.1) is 10.6 Å². The zero-order valence-corrected chi connectivity index (χ0v) is 27.7. The molecule has 0 aliphatic carbocycles. The maximum Gasteiger partial charge on any atom is 0.264 e. The molecule has 4 rings (SSSR count). The number of benzene rings is 4. The second-order valence-electron chi connectivity index (χ2n) is 11.7. The number of hydrogen-bond acceptors (Lipinski definition) is 4. The lowest BCUT2D eigenvalue weighted by Crippen LogP contribution is -2.53. The molecule has 4 aromatic carbocycles. The summed E-state index contributed by atoms with van der Waals surface area (Å²) in [6.45, 7) is 7.71. The lowest BCUT2D eigenvalue weighted by atomic mass is 10.0. The number of carbonyl (C=O) groups is 2. The van der Waals surface area contributed by atoms with Gasteiger partial charge in [0.2, 0.25) is 11.8 Å². The molecule has 0 heterocycles. The minimum atomic E-state index is -4.16. The van der Waals surface area contributed by atoms with E-state index in [1.54, 1.807) is 60.7 Å². The average Bonchev–Trinajstić information content (AvgIpc) is 3.01. The molecule has 236 valence electrons. The summed E-state index contributed by atoms with van der Waals surface area (Å²) < 4.78 is 29.4. The van der Waals surface area contributed by atoms with Crippen molar-refractivity contribution < 1.29 is 18.0 Å². The van der Waals surface area contributed by atoms with Crippen LogP contribution < -0.4 is 9.62 Å². The SMILES string of the molecule is Cc1ccc(S(=O)(=O)N(CC(=O)N(Cc2cccc(Cl)c2)C(Cc2ccccc2)C(=O)NCC(C)C)c2cccc(C)c2)cc1. The molecule has 45 heavy (non-hydrogen) atoms. The third-order valence-electron chi connectivity index (χ3n) is 7.38. The average molecular weight is 646 g/mol. The molecule has 4 aromatic rings. The second-order valence-corrected chi connectivity index (χ2v) is 14.0. The van der Waals surface area contributed by atoms with E-state index >= 15 is 0 Å². The molecule has 0 radical (unpaired) electrons. The first-order valence-electron chi connectivity index (χ1n) is 15.0. The van der Waals surface area contributed by atoms with Gasteiger partial charge in [0.1, 0.15) is 12.6 Å². The third-order valence-corrected chi connectivity index (χ3v) is 9.40. The Bertz CT molecular complexity index is 1710. The van der Waals surface area contributed by atoms with E-state index in [4.69, 9.17) is 11.6 Å². The summed E-state index contributed by atoms with van der Waals surface area (Å²) in [6.07, 6.45) is 0.242. The van der Waals surface area contributed by atoms with Crippen LogP contribution in [0.25, 0.3) is 0 Å². The number of anilines is 1. The van der Waals surface area contributed by atoms with Gasteiger partial charge in [-0.2, -0.15) is 0 Å². The van der Waals surface area contributed by atoms with Crippen LogP contribution in [0.4, 0.5) is 5.69 Å². The first-order valence-corrected chi connectivity index (χ1v) is 16.8. The number of nitrogens with one attached hydrogen (secondary N) is 1. The number of halogens is 1. The van der Waals surface area contributed by atoms with Crippen LogP contribution in [0.2, 0.25) is 5.02 Å². The Hall–Kier alpha value is -4.14. The molecule has 0 aromatic heterocycles. The lowest BCUT2D eigenvalue weighted by Gasteiger charge is -2.34. The van der Waals surface area contributed by atoms with Crippen molar-refractivity contribution in [2.75, 3.05) is 17.4 Å². The van der Waals surface area contributed by atoms with Crippen LogP contribution in [0.3, 0.4) is 0 Å². The highest BCUT2D eigenvalue weighted by Gasteiger charge is 2.34. The highest BCUT2D eigenvalue weighted by molar-refractivity contribution is 7.92. The van der Waals surface area contributed by atoms with Gasteiger partial charge in [0.25, 0.3) is 10.0 Å². The zero-order chi connectivity index (χ0) is 32.6. The van der Waals surface area contributed by atoms with Crippen molar-refractivity contribution in [1.82, 2.24) is 10.2 Å². The van der Waals surface area contributed by atoms with Gasteiger partial charge in [-0.3, -0.25) is 13.9 Å². The van der Waals surface area contributed by atoms with Crippen LogP contribution >= 0.6 is 11.6 Å². The summed E-state index contributed by atoms with van der Waals surface area (Å²) in [4.78, 5) is 29.9. The molecule has 7 nitrogen and oxygen atoms in total. The topological polar surface area (TPSA) is 86.8 Å². The predicted octanol–water partition coefficient (Wildman–Crippen LogP) is 6.56. The van der Waals surface area contributed by atoms with Crippen LogP contribution in [-0.4, -0.2) is 44.3 Å². The molecular formula is C36H40ClN3O4S. The summed E-state index contributed by atoms with van der Waals surface area (Å²) in [5.41, 5.74) is 3.70. The fourth-order valence-electron chi connectivity index (χ4n) is 4.96. The van der Waals surface area contributed by atoms with Crippen molar-refractivity contribution in [2.45, 2.75) is 51.6 Å². The molecule has 0 aliphatic heterocycles. The number of nitrogens with zero attached hydrogens (tertiary/aromatic N) is 2. The smallest absolute Gasteiger partial charge is 0.264 e. The molecule has 1 atom stereocenters. The predicted molar refractivity (Wildman–Crippen MR) is 181 cm³/mol. The molecule has 9 heteroatoms. The lowest BCUT2D eigenvalue weighted by molar-refractivity contribution is -0.140. The standard InChI is InChI=1S/C36H40ClN3O4S/c1-26(2)23-38-36(42)34(22-29-11-6-5-7-12-29)39(24-30-13-9-14-31(37)21-30)35(41)25-40(32-15-8-10-28(4)20-32)45(43,44)33-18-16-27(3)17-19-33/h5-21,26,34H,22-25H2,1-4H3,(H,38,42). The van der Waals surface area contributed by atoms with E-state index in [9.17, 15) is 18.0 Å². The Labute approximate surface area is 271 Å². The molecule has 0 fully saturated rings. The Morgan fingerprint density at radius 3 is 2.11 bits per heavy atom. The molecule has 0 spiro atoms. The van der Waals surface area contributed by atoms with Crippen LogP contribution in [0.5, 0.6) is 0 Å². The van der Waals surface area contributed by atoms with E-state index in [0.29, 0.717) is 22.8 Å². The maximum absolute atomic E-state index is 14.5. The summed E-state index contributed by atoms with van der Waals surface area (Å²) >= 11 is 6.31. The van der Waals surface area contributed by atoms with Gasteiger partial charge < -0.3 is 10.2 Å². The fraction of sp³-hybridized carbons (Fsp3) is 0.278. The van der Waals surface area contributed by atoms with Crippen molar-refractivity contribution in [3.8, 4) is 0 Å². The van der Waals surface area contributed by atoms with Crippen molar-refractivity contribution in [3.63, 3.8) is 0 Å². The Morgan fingerprint density at radius 1 is 0.800 bits per heavy atom. The van der Waals surface area contributed by atoms with Gasteiger partial charge in [-0.1, -0.05) is 97.7 Å². The van der Waals surface area contributed by atoms with Gasteiger partial charge in [0, 0.05) is 24.5 Å². The summed E-state index contributed by atoms with van der Waals surface area (Å²) in [5, 5.41) is 3.49. The number of aryl methyl sites for hydroxylation is 2. The number of carbonyl (C=O) groups excluding carboxylic acids is 2. The van der Waals surface area contributed by atoms with Crippen molar-refractivity contribution in [3.05, 3.63) is 130 Å². The molecular weight excluding hydrogens is 606 g/mol. The first-order chi connectivity index (χ1) is 21.4. The monoisotopic (exact) mass is 645 g/mol. The molecule has 0 aliphatic rings. The van der Waals surface area contributed by atoms with Gasteiger partial charge in [0.15, 0.2) is 0 Å². The van der Waals surface area contributed by atoms with Gasteiger partial charge in [-0.05, 0) is 72.9 Å². The highest BCUT2D eigenvalue weighted by atomic mass is 35.5. The Kier molecular flexibility index (Phi) is 11.4. The Balaban J connectivity index is 1.80. The quantitative estimate of drug-likeness (QED) is 0.178. The number of amides is 2. The summed E-state index contributed by atoms with van der Waals surface area (Å²) in [6, 6.07) is 29.2. The maximum atomic E-state index is 14.5. The van der Waals surface area contributed by atoms with E-state index in [0.717, 1.165) is 21.0 Å². The van der Waals surface area contributed by atoms with Gasteiger partial charge in [-0.25, -0.2) is 8.42 Å². The van der Waals surface area contributed by atoms with E-state index in [-0.39, 0.29) is 29.7 Å². The normalized spacial score (nSPS) is 12.0. The molecule has 0 saturated heterocycles. The van der Waals surface area contributed by atoms with Crippen LogP contribution in [-0.2, 0) is 32.6 Å². The first kappa shape index (κ1) is 33.7. The van der Waals surface area contributed by atoms with Crippen molar-refractivity contribution in [1.29, 1.82) is 0 Å². The molecule has 2 amide bonds. The van der Waals surface area contributed by atoms with E-state index in [2.05, 4.69) is 5.32 Å². The minimum Gasteiger partial charge on any atom is -0.354 e. The number of sulfonamides is 1. The molecule has 0 saturated carbocycles. The van der Waals surface area contributed by atoms with Crippen molar-refractivity contribution in [2.24, 2.45) is 5.92 Å². The number of hydrogen-bond donors (Lipinski definition) is 1. The van der Waals surface area contributed by atoms with E-state index in [1.807, 2.05) is 70.2 Å². The van der Waals surface area contributed by atoms with Crippen LogP contribution in [0.1, 0.15) is 36.1 Å².